The molecule has 0 radical (unpaired) electrons. The number of rotatable bonds is 2. The van der Waals surface area contributed by atoms with E-state index in [4.69, 9.17) is 16.7 Å². The molecule has 2 aromatic rings. The lowest BCUT2D eigenvalue weighted by Gasteiger charge is -2.33. The Morgan fingerprint density at radius 3 is 2.74 bits per heavy atom. The van der Waals surface area contributed by atoms with Crippen molar-refractivity contribution in [2.45, 2.75) is 12.8 Å². The number of carbonyl (C=O) groups is 1. The largest absolute Gasteiger partial charge is 0.481 e. The Balaban J connectivity index is 2.11. The molecular formula is C16H13ClFN3O2. The lowest BCUT2D eigenvalue weighted by atomic mass is 9.95. The first-order chi connectivity index (χ1) is 11.0. The number of hydrogen-bond donors (Lipinski definition) is 1. The molecule has 0 unspecified atom stereocenters. The van der Waals surface area contributed by atoms with E-state index < -0.39 is 17.7 Å². The number of halogens is 2. The molecule has 5 nitrogen and oxygen atoms in total. The summed E-state index contributed by atoms with van der Waals surface area (Å²) >= 11 is 6.22. The average Bonchev–Trinajstić information content (AvgIpc) is 2.57. The Morgan fingerprint density at radius 1 is 1.43 bits per heavy atom. The van der Waals surface area contributed by atoms with Gasteiger partial charge < -0.3 is 10.0 Å². The predicted octanol–water partition coefficient (Wildman–Crippen LogP) is 3.20. The molecule has 0 spiro atoms. The van der Waals surface area contributed by atoms with Gasteiger partial charge in [0, 0.05) is 24.7 Å². The Hall–Kier alpha value is -2.39. The molecule has 0 saturated carbocycles. The van der Waals surface area contributed by atoms with Gasteiger partial charge in [-0.3, -0.25) is 9.78 Å². The lowest BCUT2D eigenvalue weighted by molar-refractivity contribution is -0.142. The number of piperidine rings is 1. The van der Waals surface area contributed by atoms with Gasteiger partial charge >= 0.3 is 5.97 Å². The molecule has 0 atom stereocenters. The van der Waals surface area contributed by atoms with E-state index >= 15 is 0 Å². The fourth-order valence-electron chi connectivity index (χ4n) is 2.98. The van der Waals surface area contributed by atoms with Gasteiger partial charge in [0.15, 0.2) is 0 Å². The van der Waals surface area contributed by atoms with Gasteiger partial charge in [-0.25, -0.2) is 4.39 Å². The van der Waals surface area contributed by atoms with Crippen LogP contribution in [0, 0.1) is 23.1 Å². The minimum Gasteiger partial charge on any atom is -0.481 e. The van der Waals surface area contributed by atoms with Crippen LogP contribution in [0.5, 0.6) is 0 Å². The molecular weight excluding hydrogens is 321 g/mol. The molecule has 3 rings (SSSR count). The second kappa shape index (κ2) is 6.01. The van der Waals surface area contributed by atoms with Crippen LogP contribution in [-0.2, 0) is 4.79 Å². The number of fused-ring (bicyclic) bond motifs is 1. The third-order valence-electron chi connectivity index (χ3n) is 4.17. The lowest BCUT2D eigenvalue weighted by Crippen LogP contribution is -2.36. The van der Waals surface area contributed by atoms with Crippen molar-refractivity contribution in [2.75, 3.05) is 18.0 Å². The number of nitrogens with zero attached hydrogens (tertiary/aromatic N) is 3. The molecule has 23 heavy (non-hydrogen) atoms. The van der Waals surface area contributed by atoms with Crippen LogP contribution in [-0.4, -0.2) is 29.1 Å². The molecule has 7 heteroatoms. The summed E-state index contributed by atoms with van der Waals surface area (Å²) in [5.74, 6) is -1.71. The molecule has 1 aromatic heterocycles. The summed E-state index contributed by atoms with van der Waals surface area (Å²) in [6.45, 7) is 0.940. The first-order valence-corrected chi connectivity index (χ1v) is 7.55. The molecule has 118 valence electrons. The summed E-state index contributed by atoms with van der Waals surface area (Å²) in [5, 5.41) is 19.2. The second-order valence-corrected chi connectivity index (χ2v) is 5.89. The van der Waals surface area contributed by atoms with Gasteiger partial charge in [-0.05, 0) is 25.0 Å². The molecule has 1 aliphatic rings. The number of carboxylic acid groups (broad SMARTS) is 1. The van der Waals surface area contributed by atoms with Crippen molar-refractivity contribution in [2.24, 2.45) is 5.92 Å². The smallest absolute Gasteiger partial charge is 0.306 e. The number of benzene rings is 1. The summed E-state index contributed by atoms with van der Waals surface area (Å²) in [4.78, 5) is 17.0. The van der Waals surface area contributed by atoms with Gasteiger partial charge in [-0.1, -0.05) is 11.6 Å². The summed E-state index contributed by atoms with van der Waals surface area (Å²) in [6, 6.07) is 4.74. The van der Waals surface area contributed by atoms with Crippen molar-refractivity contribution in [3.05, 3.63) is 34.7 Å². The maximum atomic E-state index is 14.0. The number of aliphatic carboxylic acids is 1. The van der Waals surface area contributed by atoms with Crippen molar-refractivity contribution < 1.29 is 14.3 Å². The van der Waals surface area contributed by atoms with Crippen molar-refractivity contribution in [1.29, 1.82) is 5.26 Å². The van der Waals surface area contributed by atoms with Crippen LogP contribution in [0.4, 0.5) is 10.1 Å². The monoisotopic (exact) mass is 333 g/mol. The SMILES string of the molecule is N#Cc1cnc2c(F)ccc(Cl)c2c1N1CCC(C(=O)O)CC1. The van der Waals surface area contributed by atoms with Gasteiger partial charge in [0.25, 0.3) is 0 Å². The van der Waals surface area contributed by atoms with E-state index in [0.29, 0.717) is 47.6 Å². The number of aromatic nitrogens is 1. The van der Waals surface area contributed by atoms with Crippen molar-refractivity contribution in [3.63, 3.8) is 0 Å². The zero-order chi connectivity index (χ0) is 16.6. The highest BCUT2D eigenvalue weighted by Crippen LogP contribution is 2.37. The molecule has 2 heterocycles. The fourth-order valence-corrected chi connectivity index (χ4v) is 3.22. The van der Waals surface area contributed by atoms with Crippen LogP contribution >= 0.6 is 11.6 Å². The third kappa shape index (κ3) is 2.68. The van der Waals surface area contributed by atoms with E-state index in [1.165, 1.54) is 18.3 Å². The summed E-state index contributed by atoms with van der Waals surface area (Å²) in [6.07, 6.45) is 2.27. The van der Waals surface area contributed by atoms with E-state index in [2.05, 4.69) is 11.1 Å². The summed E-state index contributed by atoms with van der Waals surface area (Å²) < 4.78 is 14.0. The highest BCUT2D eigenvalue weighted by atomic mass is 35.5. The van der Waals surface area contributed by atoms with Crippen LogP contribution in [0.3, 0.4) is 0 Å². The molecule has 0 amide bonds. The fraction of sp³-hybridized carbons (Fsp3) is 0.312. The molecule has 1 aromatic carbocycles. The van der Waals surface area contributed by atoms with E-state index in [9.17, 15) is 14.4 Å². The number of hydrogen-bond acceptors (Lipinski definition) is 4. The topological polar surface area (TPSA) is 77.2 Å². The van der Waals surface area contributed by atoms with Crippen molar-refractivity contribution in [3.8, 4) is 6.07 Å². The van der Waals surface area contributed by atoms with Crippen LogP contribution in [0.1, 0.15) is 18.4 Å². The van der Waals surface area contributed by atoms with Gasteiger partial charge in [0.2, 0.25) is 0 Å². The third-order valence-corrected chi connectivity index (χ3v) is 4.49. The average molecular weight is 334 g/mol. The maximum absolute atomic E-state index is 14.0. The van der Waals surface area contributed by atoms with Crippen LogP contribution < -0.4 is 4.90 Å². The van der Waals surface area contributed by atoms with E-state index in [0.717, 1.165) is 0 Å². The van der Waals surface area contributed by atoms with E-state index in [1.54, 1.807) is 0 Å². The first kappa shape index (κ1) is 15.5. The number of anilines is 1. The number of pyridine rings is 1. The van der Waals surface area contributed by atoms with Gasteiger partial charge in [0.1, 0.15) is 17.4 Å². The van der Waals surface area contributed by atoms with E-state index in [-0.39, 0.29) is 5.52 Å². The van der Waals surface area contributed by atoms with E-state index in [1.807, 2.05) is 4.90 Å². The highest BCUT2D eigenvalue weighted by molar-refractivity contribution is 6.36. The van der Waals surface area contributed by atoms with Crippen molar-refractivity contribution >= 4 is 34.2 Å². The first-order valence-electron chi connectivity index (χ1n) is 7.17. The summed E-state index contributed by atoms with van der Waals surface area (Å²) in [7, 11) is 0. The van der Waals surface area contributed by atoms with Gasteiger partial charge in [-0.15, -0.1) is 0 Å². The van der Waals surface area contributed by atoms with Crippen LogP contribution in [0.25, 0.3) is 10.9 Å². The zero-order valence-corrected chi connectivity index (χ0v) is 12.8. The normalized spacial score (nSPS) is 15.6. The maximum Gasteiger partial charge on any atom is 0.306 e. The van der Waals surface area contributed by atoms with Crippen LogP contribution in [0.2, 0.25) is 5.02 Å². The number of carboxylic acids is 1. The van der Waals surface area contributed by atoms with Gasteiger partial charge in [0.05, 0.1) is 22.2 Å². The molecule has 1 N–H and O–H groups in total. The Kier molecular flexibility index (Phi) is 4.05. The highest BCUT2D eigenvalue weighted by Gasteiger charge is 2.27. The zero-order valence-electron chi connectivity index (χ0n) is 12.1. The Bertz CT molecular complexity index is 826. The second-order valence-electron chi connectivity index (χ2n) is 5.48. The van der Waals surface area contributed by atoms with Crippen molar-refractivity contribution in [1.82, 2.24) is 4.98 Å². The molecule has 0 bridgehead atoms. The molecule has 0 aliphatic carbocycles. The minimum atomic E-state index is -0.811. The van der Waals surface area contributed by atoms with Gasteiger partial charge in [-0.2, -0.15) is 5.26 Å². The quantitative estimate of drug-likeness (QED) is 0.913. The minimum absolute atomic E-state index is 0.117. The molecule has 1 fully saturated rings. The molecule has 1 aliphatic heterocycles. The summed E-state index contributed by atoms with van der Waals surface area (Å²) in [5.41, 5.74) is 0.955. The standard InChI is InChI=1S/C16H13ClFN3O2/c17-11-1-2-12(18)14-13(11)15(10(7-19)8-20-14)21-5-3-9(4-6-21)16(22)23/h1-2,8-9H,3-6H2,(H,22,23). The Labute approximate surface area is 136 Å². The predicted molar refractivity (Wildman–Crippen MR) is 84.0 cm³/mol. The van der Waals surface area contributed by atoms with Crippen LogP contribution in [0.15, 0.2) is 18.3 Å². The number of nitriles is 1. The molecule has 1 saturated heterocycles. The Morgan fingerprint density at radius 2 is 2.13 bits per heavy atom.